The van der Waals surface area contributed by atoms with E-state index in [-0.39, 0.29) is 30.7 Å². The number of likely N-dealkylation sites (tertiary alicyclic amines) is 2. The van der Waals surface area contributed by atoms with Crippen LogP contribution in [0.1, 0.15) is 50.5 Å². The minimum atomic E-state index is -1.11. The highest BCUT2D eigenvalue weighted by Gasteiger charge is 2.62. The Hall–Kier alpha value is -3.18. The van der Waals surface area contributed by atoms with E-state index < -0.39 is 35.6 Å². The van der Waals surface area contributed by atoms with Gasteiger partial charge in [0.25, 0.3) is 0 Å². The molecule has 11 nitrogen and oxygen atoms in total. The lowest BCUT2D eigenvalue weighted by molar-refractivity contribution is -0.148. The number of rotatable bonds is 12. The molecule has 1 aromatic rings. The highest BCUT2D eigenvalue weighted by molar-refractivity contribution is 5.96. The van der Waals surface area contributed by atoms with Crippen LogP contribution in [0.25, 0.3) is 0 Å². The number of carbonyl (C=O) groups is 4. The lowest BCUT2D eigenvalue weighted by Crippen LogP contribution is -2.56. The summed E-state index contributed by atoms with van der Waals surface area (Å²) in [5.41, 5.74) is 11.9. The number of likely N-dealkylation sites (N-methyl/N-ethyl adjacent to an activating group) is 1. The van der Waals surface area contributed by atoms with Crippen molar-refractivity contribution < 1.29 is 28.7 Å². The van der Waals surface area contributed by atoms with E-state index in [2.05, 4.69) is 0 Å². The third-order valence-electron chi connectivity index (χ3n) is 9.49. The molecule has 0 radical (unpaired) electrons. The molecule has 2 heterocycles. The number of benzene rings is 1. The van der Waals surface area contributed by atoms with Crippen LogP contribution in [0.5, 0.6) is 5.75 Å². The molecule has 1 unspecified atom stereocenters. The van der Waals surface area contributed by atoms with Gasteiger partial charge in [0.2, 0.25) is 23.6 Å². The number of ether oxygens (including phenoxy) is 2. The Kier molecular flexibility index (Phi) is 8.29. The van der Waals surface area contributed by atoms with Gasteiger partial charge in [0.15, 0.2) is 0 Å². The van der Waals surface area contributed by atoms with Gasteiger partial charge in [-0.1, -0.05) is 37.8 Å². The molecule has 2 saturated carbocycles. The topological polar surface area (TPSA) is 148 Å². The summed E-state index contributed by atoms with van der Waals surface area (Å²) in [6.45, 7) is 0.696. The van der Waals surface area contributed by atoms with Gasteiger partial charge in [-0.3, -0.25) is 19.2 Å². The fourth-order valence-corrected chi connectivity index (χ4v) is 6.62. The summed E-state index contributed by atoms with van der Waals surface area (Å²) >= 11 is 0. The van der Waals surface area contributed by atoms with E-state index in [0.717, 1.165) is 37.0 Å². The van der Waals surface area contributed by atoms with Crippen LogP contribution in [0.4, 0.5) is 0 Å². The molecular weight excluding hydrogens is 526 g/mol. The molecule has 2 aliphatic carbocycles. The first-order chi connectivity index (χ1) is 19.6. The van der Waals surface area contributed by atoms with Gasteiger partial charge in [-0.25, -0.2) is 0 Å². The highest BCUT2D eigenvalue weighted by Crippen LogP contribution is 2.46. The first kappa shape index (κ1) is 29.3. The number of amides is 4. The molecule has 4 aliphatic rings. The summed E-state index contributed by atoms with van der Waals surface area (Å²) in [6, 6.07) is 5.07. The van der Waals surface area contributed by atoms with E-state index in [1.54, 1.807) is 26.2 Å². The van der Waals surface area contributed by atoms with Gasteiger partial charge < -0.3 is 35.6 Å². The van der Waals surface area contributed by atoms with Crippen molar-refractivity contribution in [2.75, 3.05) is 34.4 Å². The van der Waals surface area contributed by atoms with Crippen molar-refractivity contribution in [1.29, 1.82) is 0 Å². The summed E-state index contributed by atoms with van der Waals surface area (Å²) in [6.07, 6.45) is 4.81. The molecular formula is C30H43N5O6. The molecule has 0 aromatic heterocycles. The molecule has 41 heavy (non-hydrogen) atoms. The van der Waals surface area contributed by atoms with Crippen molar-refractivity contribution >= 4 is 23.6 Å². The van der Waals surface area contributed by atoms with Crippen molar-refractivity contribution in [1.82, 2.24) is 14.7 Å². The number of nitrogens with two attached hydrogens (primary N) is 2. The molecule has 224 valence electrons. The molecule has 0 bridgehead atoms. The number of hydrogen-bond acceptors (Lipinski definition) is 7. The summed E-state index contributed by atoms with van der Waals surface area (Å²) in [5.74, 6) is 0.0633. The normalized spacial score (nSPS) is 27.3. The Morgan fingerprint density at radius 3 is 2.27 bits per heavy atom. The summed E-state index contributed by atoms with van der Waals surface area (Å²) in [7, 11) is 4.77. The number of hydrogen-bond donors (Lipinski definition) is 2. The van der Waals surface area contributed by atoms with Gasteiger partial charge in [-0.2, -0.15) is 0 Å². The van der Waals surface area contributed by atoms with E-state index in [1.807, 2.05) is 24.3 Å². The molecule has 4 amide bonds. The van der Waals surface area contributed by atoms with E-state index in [0.29, 0.717) is 37.8 Å². The second-order valence-electron chi connectivity index (χ2n) is 12.4. The first-order valence-corrected chi connectivity index (χ1v) is 14.6. The fraction of sp³-hybridized carbons (Fsp3) is 0.667. The number of nitrogens with zero attached hydrogens (tertiary/aromatic N) is 3. The molecule has 1 aromatic carbocycles. The van der Waals surface area contributed by atoms with Crippen molar-refractivity contribution in [2.45, 2.75) is 75.7 Å². The Labute approximate surface area is 241 Å². The summed E-state index contributed by atoms with van der Waals surface area (Å²) in [5, 5.41) is 0. The third kappa shape index (κ3) is 5.92. The molecule has 4 fully saturated rings. The van der Waals surface area contributed by atoms with Crippen LogP contribution in [0.15, 0.2) is 24.3 Å². The van der Waals surface area contributed by atoms with Crippen LogP contribution in [0.3, 0.4) is 0 Å². The molecule has 4 N–H and O–H groups in total. The van der Waals surface area contributed by atoms with Gasteiger partial charge in [0.05, 0.1) is 24.7 Å². The lowest BCUT2D eigenvalue weighted by Gasteiger charge is -2.34. The molecule has 5 atom stereocenters. The maximum Gasteiger partial charge on any atom is 0.246 e. The largest absolute Gasteiger partial charge is 0.497 e. The monoisotopic (exact) mass is 569 g/mol. The number of primary amides is 1. The van der Waals surface area contributed by atoms with Crippen molar-refractivity contribution in [3.05, 3.63) is 29.8 Å². The van der Waals surface area contributed by atoms with E-state index >= 15 is 0 Å². The number of carbonyl (C=O) groups excluding carboxylic acids is 4. The van der Waals surface area contributed by atoms with Crippen LogP contribution in [0, 0.1) is 17.3 Å². The average molecular weight is 570 g/mol. The van der Waals surface area contributed by atoms with E-state index in [1.165, 1.54) is 9.80 Å². The minimum absolute atomic E-state index is 0.00716. The maximum absolute atomic E-state index is 14.2. The Morgan fingerprint density at radius 1 is 1.07 bits per heavy atom. The number of methoxy groups -OCH3 is 2. The smallest absolute Gasteiger partial charge is 0.246 e. The Morgan fingerprint density at radius 2 is 1.71 bits per heavy atom. The maximum atomic E-state index is 14.2. The van der Waals surface area contributed by atoms with Crippen molar-refractivity contribution in [3.63, 3.8) is 0 Å². The molecule has 5 rings (SSSR count). The van der Waals surface area contributed by atoms with Crippen LogP contribution >= 0.6 is 0 Å². The Balaban J connectivity index is 1.37. The predicted molar refractivity (Wildman–Crippen MR) is 150 cm³/mol. The average Bonchev–Trinajstić information content (AvgIpc) is 3.90. The minimum Gasteiger partial charge on any atom is -0.497 e. The zero-order valence-corrected chi connectivity index (χ0v) is 24.3. The second kappa shape index (κ2) is 11.6. The standard InChI is InChI=1S/C30H43N5O6/c1-33(27(37)22(31)12-18-4-5-18)23(13-19-6-7-19)28(38)35-17-30(14-24(35)26(32)36)25(41-3)16-34(29(30)39)15-20-8-10-21(40-2)11-9-20/h8-11,18-19,22-25H,4-7,12-17,31H2,1-3H3,(H2,32,36)/t22-,23-,24-,25?,30-/m0/s1. The van der Waals surface area contributed by atoms with Gasteiger partial charge >= 0.3 is 0 Å². The van der Waals surface area contributed by atoms with Gasteiger partial charge in [-0.05, 0) is 48.8 Å². The second-order valence-corrected chi connectivity index (χ2v) is 12.4. The first-order valence-electron chi connectivity index (χ1n) is 14.6. The zero-order valence-electron chi connectivity index (χ0n) is 24.3. The molecule has 2 aliphatic heterocycles. The summed E-state index contributed by atoms with van der Waals surface area (Å²) < 4.78 is 11.1. The molecule has 11 heteroatoms. The molecule has 2 saturated heterocycles. The van der Waals surface area contributed by atoms with Gasteiger partial charge in [-0.15, -0.1) is 0 Å². The fourth-order valence-electron chi connectivity index (χ4n) is 6.62. The quantitative estimate of drug-likeness (QED) is 0.380. The van der Waals surface area contributed by atoms with Gasteiger partial charge in [0.1, 0.15) is 17.8 Å². The summed E-state index contributed by atoms with van der Waals surface area (Å²) in [4.78, 5) is 58.9. The zero-order chi connectivity index (χ0) is 29.5. The van der Waals surface area contributed by atoms with Crippen LogP contribution in [-0.4, -0.2) is 96.9 Å². The van der Waals surface area contributed by atoms with E-state index in [9.17, 15) is 19.2 Å². The highest BCUT2D eigenvalue weighted by atomic mass is 16.5. The van der Waals surface area contributed by atoms with Crippen LogP contribution in [0.2, 0.25) is 0 Å². The SMILES string of the molecule is COc1ccc(CN2CC(OC)[C@@]3(C[C@@H](C(N)=O)N(C(=O)[C@H](CC4CC4)N(C)C(=O)[C@@H](N)CC4CC4)C3)C2=O)cc1. The van der Waals surface area contributed by atoms with Gasteiger partial charge in [0, 0.05) is 33.8 Å². The van der Waals surface area contributed by atoms with Crippen LogP contribution < -0.4 is 16.2 Å². The van der Waals surface area contributed by atoms with E-state index in [4.69, 9.17) is 20.9 Å². The van der Waals surface area contributed by atoms with Crippen molar-refractivity contribution in [2.24, 2.45) is 28.7 Å². The predicted octanol–water partition coefficient (Wildman–Crippen LogP) is 0.880. The van der Waals surface area contributed by atoms with Crippen LogP contribution in [-0.2, 0) is 30.5 Å². The van der Waals surface area contributed by atoms with Crippen molar-refractivity contribution in [3.8, 4) is 5.75 Å². The third-order valence-corrected chi connectivity index (χ3v) is 9.49. The lowest BCUT2D eigenvalue weighted by atomic mass is 9.81. The Bertz CT molecular complexity index is 1170. The molecule has 1 spiro atoms.